The molecule has 5 rings (SSSR count). The highest BCUT2D eigenvalue weighted by atomic mass is 19.1. The SMILES string of the molecule is COc1ccc(CN2Cc3nc4c(-c5c(F)cccc5OC)cccc4c(N)c3C2=O)cc1OC. The number of amides is 1. The summed E-state index contributed by atoms with van der Waals surface area (Å²) in [5.41, 5.74) is 10.0. The molecule has 0 aliphatic carbocycles. The zero-order chi connectivity index (χ0) is 24.7. The molecule has 0 bridgehead atoms. The molecule has 1 aromatic heterocycles. The van der Waals surface area contributed by atoms with Gasteiger partial charge < -0.3 is 24.8 Å². The first kappa shape index (κ1) is 22.5. The molecular formula is C27H24FN3O4. The van der Waals surface area contributed by atoms with Gasteiger partial charge in [-0.05, 0) is 29.8 Å². The fourth-order valence-electron chi connectivity index (χ4n) is 4.59. The molecular weight excluding hydrogens is 449 g/mol. The summed E-state index contributed by atoms with van der Waals surface area (Å²) >= 11 is 0. The van der Waals surface area contributed by atoms with Crippen LogP contribution in [-0.4, -0.2) is 37.1 Å². The van der Waals surface area contributed by atoms with Crippen molar-refractivity contribution in [3.8, 4) is 28.4 Å². The van der Waals surface area contributed by atoms with Crippen LogP contribution in [0, 0.1) is 5.82 Å². The third-order valence-electron chi connectivity index (χ3n) is 6.26. The summed E-state index contributed by atoms with van der Waals surface area (Å²) in [6.07, 6.45) is 0. The Morgan fingerprint density at radius 3 is 2.43 bits per heavy atom. The Morgan fingerprint density at radius 1 is 0.943 bits per heavy atom. The second kappa shape index (κ2) is 8.79. The Labute approximate surface area is 201 Å². The first-order chi connectivity index (χ1) is 17.0. The van der Waals surface area contributed by atoms with Gasteiger partial charge in [-0.3, -0.25) is 4.79 Å². The standard InChI is InChI=1S/C27H24FN3O4/c1-33-20-11-10-15(12-22(20)35-3)13-31-14-19-24(27(31)32)25(29)17-7-4-6-16(26(17)30-19)23-18(28)8-5-9-21(23)34-2/h4-12H,13-14H2,1-3H3,(H2,29,30). The maximum absolute atomic E-state index is 14.9. The maximum Gasteiger partial charge on any atom is 0.258 e. The Hall–Kier alpha value is -4.33. The molecule has 4 aromatic rings. The van der Waals surface area contributed by atoms with Crippen LogP contribution in [0.3, 0.4) is 0 Å². The van der Waals surface area contributed by atoms with Crippen LogP contribution >= 0.6 is 0 Å². The Kier molecular flexibility index (Phi) is 5.64. The maximum atomic E-state index is 14.9. The fraction of sp³-hybridized carbons (Fsp3) is 0.185. The Bertz CT molecular complexity index is 1470. The fourth-order valence-corrected chi connectivity index (χ4v) is 4.59. The van der Waals surface area contributed by atoms with Crippen LogP contribution in [-0.2, 0) is 13.1 Å². The minimum absolute atomic E-state index is 0.199. The van der Waals surface area contributed by atoms with Crippen LogP contribution in [0.15, 0.2) is 54.6 Å². The molecule has 7 nitrogen and oxygen atoms in total. The third-order valence-corrected chi connectivity index (χ3v) is 6.26. The molecule has 178 valence electrons. The number of para-hydroxylation sites is 1. The van der Waals surface area contributed by atoms with Gasteiger partial charge in [0.25, 0.3) is 5.91 Å². The first-order valence-electron chi connectivity index (χ1n) is 11.0. The molecule has 0 radical (unpaired) electrons. The smallest absolute Gasteiger partial charge is 0.258 e. The van der Waals surface area contributed by atoms with Crippen LogP contribution < -0.4 is 19.9 Å². The minimum atomic E-state index is -0.427. The molecule has 0 saturated carbocycles. The second-order valence-corrected chi connectivity index (χ2v) is 8.22. The summed E-state index contributed by atoms with van der Waals surface area (Å²) in [4.78, 5) is 19.8. The number of fused-ring (bicyclic) bond motifs is 2. The zero-order valence-corrected chi connectivity index (χ0v) is 19.6. The number of hydrogen-bond acceptors (Lipinski definition) is 6. The van der Waals surface area contributed by atoms with E-state index in [1.807, 2.05) is 12.1 Å². The predicted molar refractivity (Wildman–Crippen MR) is 131 cm³/mol. The highest BCUT2D eigenvalue weighted by Crippen LogP contribution is 2.40. The highest BCUT2D eigenvalue weighted by molar-refractivity contribution is 6.11. The normalized spacial score (nSPS) is 12.7. The summed E-state index contributed by atoms with van der Waals surface area (Å²) in [6.45, 7) is 0.630. The first-order valence-corrected chi connectivity index (χ1v) is 11.0. The van der Waals surface area contributed by atoms with Crippen molar-refractivity contribution in [3.63, 3.8) is 0 Å². The van der Waals surface area contributed by atoms with Gasteiger partial charge in [0, 0.05) is 17.5 Å². The van der Waals surface area contributed by atoms with Gasteiger partial charge in [0.05, 0.1) is 55.9 Å². The number of nitrogens with zero attached hydrogens (tertiary/aromatic N) is 2. The number of pyridine rings is 1. The van der Waals surface area contributed by atoms with Crippen molar-refractivity contribution in [3.05, 3.63) is 77.2 Å². The summed E-state index contributed by atoms with van der Waals surface area (Å²) in [7, 11) is 4.63. The number of hydrogen-bond donors (Lipinski definition) is 1. The number of aromatic nitrogens is 1. The predicted octanol–water partition coefficient (Wildman–Crippen LogP) is 4.80. The van der Waals surface area contributed by atoms with Crippen molar-refractivity contribution in [1.82, 2.24) is 9.88 Å². The van der Waals surface area contributed by atoms with Gasteiger partial charge in [-0.15, -0.1) is 0 Å². The van der Waals surface area contributed by atoms with Crippen molar-refractivity contribution < 1.29 is 23.4 Å². The van der Waals surface area contributed by atoms with E-state index in [0.717, 1.165) is 5.56 Å². The number of nitrogen functional groups attached to an aromatic ring is 1. The lowest BCUT2D eigenvalue weighted by molar-refractivity contribution is 0.0767. The molecule has 2 heterocycles. The van der Waals surface area contributed by atoms with Gasteiger partial charge in [-0.1, -0.05) is 30.3 Å². The van der Waals surface area contributed by atoms with Crippen LogP contribution in [0.4, 0.5) is 10.1 Å². The highest BCUT2D eigenvalue weighted by Gasteiger charge is 2.33. The number of rotatable bonds is 6. The molecule has 8 heteroatoms. The lowest BCUT2D eigenvalue weighted by Crippen LogP contribution is -2.23. The summed E-state index contributed by atoms with van der Waals surface area (Å²) in [5.74, 6) is 0.963. The van der Waals surface area contributed by atoms with Crippen LogP contribution in [0.5, 0.6) is 17.2 Å². The van der Waals surface area contributed by atoms with Crippen molar-refractivity contribution >= 4 is 22.5 Å². The second-order valence-electron chi connectivity index (χ2n) is 8.22. The van der Waals surface area contributed by atoms with E-state index in [9.17, 15) is 9.18 Å². The largest absolute Gasteiger partial charge is 0.496 e. The third kappa shape index (κ3) is 3.67. The van der Waals surface area contributed by atoms with E-state index in [4.69, 9.17) is 24.9 Å². The summed E-state index contributed by atoms with van der Waals surface area (Å²) < 4.78 is 31.0. The van der Waals surface area contributed by atoms with E-state index in [0.29, 0.717) is 62.8 Å². The molecule has 0 fully saturated rings. The molecule has 0 spiro atoms. The number of ether oxygens (including phenoxy) is 3. The van der Waals surface area contributed by atoms with E-state index in [1.165, 1.54) is 13.2 Å². The molecule has 35 heavy (non-hydrogen) atoms. The van der Waals surface area contributed by atoms with E-state index < -0.39 is 5.82 Å². The zero-order valence-electron chi connectivity index (χ0n) is 19.6. The Balaban J connectivity index is 1.57. The average Bonchev–Trinajstić information content (AvgIpc) is 3.18. The van der Waals surface area contributed by atoms with Gasteiger partial charge in [0.2, 0.25) is 0 Å². The number of halogens is 1. The van der Waals surface area contributed by atoms with Crippen molar-refractivity contribution in [2.24, 2.45) is 0 Å². The average molecular weight is 474 g/mol. The molecule has 1 amide bonds. The Morgan fingerprint density at radius 2 is 1.69 bits per heavy atom. The van der Waals surface area contributed by atoms with E-state index in [1.54, 1.807) is 55.5 Å². The molecule has 0 atom stereocenters. The van der Waals surface area contributed by atoms with E-state index in [-0.39, 0.29) is 12.5 Å². The van der Waals surface area contributed by atoms with E-state index in [2.05, 4.69) is 0 Å². The number of anilines is 1. The minimum Gasteiger partial charge on any atom is -0.496 e. The van der Waals surface area contributed by atoms with Crippen LogP contribution in [0.1, 0.15) is 21.6 Å². The van der Waals surface area contributed by atoms with Gasteiger partial charge in [0.15, 0.2) is 11.5 Å². The van der Waals surface area contributed by atoms with Gasteiger partial charge in [-0.2, -0.15) is 0 Å². The number of benzene rings is 3. The molecule has 0 saturated heterocycles. The van der Waals surface area contributed by atoms with Crippen molar-refractivity contribution in [2.45, 2.75) is 13.1 Å². The van der Waals surface area contributed by atoms with Crippen molar-refractivity contribution in [2.75, 3.05) is 27.1 Å². The molecule has 0 unspecified atom stereocenters. The lowest BCUT2D eigenvalue weighted by Gasteiger charge is -2.17. The van der Waals surface area contributed by atoms with E-state index >= 15 is 0 Å². The van der Waals surface area contributed by atoms with Gasteiger partial charge >= 0.3 is 0 Å². The number of nitrogens with two attached hydrogens (primary N) is 1. The van der Waals surface area contributed by atoms with Crippen molar-refractivity contribution in [1.29, 1.82) is 0 Å². The molecule has 1 aliphatic rings. The van der Waals surface area contributed by atoms with Crippen LogP contribution in [0.25, 0.3) is 22.0 Å². The van der Waals surface area contributed by atoms with Gasteiger partial charge in [-0.25, -0.2) is 9.37 Å². The van der Waals surface area contributed by atoms with Gasteiger partial charge in [0.1, 0.15) is 11.6 Å². The molecule has 1 aliphatic heterocycles. The lowest BCUT2D eigenvalue weighted by atomic mass is 9.98. The molecule has 2 N–H and O–H groups in total. The topological polar surface area (TPSA) is 86.9 Å². The number of carbonyl (C=O) groups excluding carboxylic acids is 1. The quantitative estimate of drug-likeness (QED) is 0.433. The monoisotopic (exact) mass is 473 g/mol. The molecule has 3 aromatic carbocycles. The summed E-state index contributed by atoms with van der Waals surface area (Å²) in [5, 5.41) is 0.591. The number of methoxy groups -OCH3 is 3. The number of carbonyl (C=O) groups is 1. The van der Waals surface area contributed by atoms with Crippen LogP contribution in [0.2, 0.25) is 0 Å². The summed E-state index contributed by atoms with van der Waals surface area (Å²) in [6, 6.07) is 15.5.